The third kappa shape index (κ3) is 2.38. The van der Waals surface area contributed by atoms with E-state index in [4.69, 9.17) is 4.74 Å². The number of carbonyl (C=O) groups is 1. The van der Waals surface area contributed by atoms with Crippen LogP contribution in [0, 0.1) is 12.3 Å². The van der Waals surface area contributed by atoms with Gasteiger partial charge in [-0.1, -0.05) is 13.0 Å². The van der Waals surface area contributed by atoms with Gasteiger partial charge in [0.2, 0.25) is 5.91 Å². The molecule has 1 aromatic heterocycles. The Labute approximate surface area is 108 Å². The number of hydrogen-bond donors (Lipinski definition) is 1. The number of hydrogen-bond acceptors (Lipinski definition) is 3. The fourth-order valence-corrected chi connectivity index (χ4v) is 2.10. The largest absolute Gasteiger partial charge is 0.379 e. The van der Waals surface area contributed by atoms with Gasteiger partial charge >= 0.3 is 0 Å². The van der Waals surface area contributed by atoms with E-state index in [2.05, 4.69) is 17.2 Å². The van der Waals surface area contributed by atoms with Crippen LogP contribution in [0.25, 0.3) is 0 Å². The SMILES string of the molecule is CCC(NC(=O)C1(C)COC1)c1ncccc1C. The Bertz CT molecular complexity index is 441. The lowest BCUT2D eigenvalue weighted by Gasteiger charge is -2.37. The summed E-state index contributed by atoms with van der Waals surface area (Å²) in [6.07, 6.45) is 2.60. The fraction of sp³-hybridized carbons (Fsp3) is 0.571. The van der Waals surface area contributed by atoms with Gasteiger partial charge in [-0.15, -0.1) is 0 Å². The number of pyridine rings is 1. The number of rotatable bonds is 4. The maximum Gasteiger partial charge on any atom is 0.231 e. The number of ether oxygens (including phenoxy) is 1. The summed E-state index contributed by atoms with van der Waals surface area (Å²) < 4.78 is 5.13. The molecule has 0 radical (unpaired) electrons. The lowest BCUT2D eigenvalue weighted by molar-refractivity contribution is -0.158. The molecule has 4 heteroatoms. The molecular formula is C14H20N2O2. The van der Waals surface area contributed by atoms with E-state index in [1.165, 1.54) is 0 Å². The van der Waals surface area contributed by atoms with Gasteiger partial charge in [-0.3, -0.25) is 9.78 Å². The summed E-state index contributed by atoms with van der Waals surface area (Å²) >= 11 is 0. The quantitative estimate of drug-likeness (QED) is 0.886. The summed E-state index contributed by atoms with van der Waals surface area (Å²) in [5.41, 5.74) is 1.70. The van der Waals surface area contributed by atoms with Crippen LogP contribution < -0.4 is 5.32 Å². The van der Waals surface area contributed by atoms with Crippen LogP contribution in [-0.4, -0.2) is 24.1 Å². The average molecular weight is 248 g/mol. The van der Waals surface area contributed by atoms with Crippen molar-refractivity contribution in [3.05, 3.63) is 29.6 Å². The summed E-state index contributed by atoms with van der Waals surface area (Å²) in [5.74, 6) is 0.0608. The van der Waals surface area contributed by atoms with Gasteiger partial charge in [-0.25, -0.2) is 0 Å². The molecule has 0 aromatic carbocycles. The van der Waals surface area contributed by atoms with Crippen LogP contribution in [0.2, 0.25) is 0 Å². The Balaban J connectivity index is 2.10. The van der Waals surface area contributed by atoms with Gasteiger partial charge in [0.05, 0.1) is 30.4 Å². The summed E-state index contributed by atoms with van der Waals surface area (Å²) in [6.45, 7) is 7.03. The van der Waals surface area contributed by atoms with Crippen LogP contribution in [0.3, 0.4) is 0 Å². The van der Waals surface area contributed by atoms with Crippen molar-refractivity contribution in [3.8, 4) is 0 Å². The molecule has 18 heavy (non-hydrogen) atoms. The molecule has 0 bridgehead atoms. The minimum absolute atomic E-state index is 0.0175. The van der Waals surface area contributed by atoms with Gasteiger partial charge in [0.1, 0.15) is 0 Å². The summed E-state index contributed by atoms with van der Waals surface area (Å²) in [5, 5.41) is 3.08. The van der Waals surface area contributed by atoms with Crippen LogP contribution in [0.4, 0.5) is 0 Å². The third-order valence-electron chi connectivity index (χ3n) is 3.48. The molecule has 4 nitrogen and oxygen atoms in total. The molecule has 2 rings (SSSR count). The van der Waals surface area contributed by atoms with E-state index in [-0.39, 0.29) is 17.4 Å². The second-order valence-electron chi connectivity index (χ2n) is 5.19. The zero-order valence-electron chi connectivity index (χ0n) is 11.2. The topological polar surface area (TPSA) is 51.2 Å². The molecule has 98 valence electrons. The number of aromatic nitrogens is 1. The molecule has 1 amide bonds. The zero-order valence-corrected chi connectivity index (χ0v) is 11.2. The number of nitrogens with one attached hydrogen (secondary N) is 1. The van der Waals surface area contributed by atoms with Gasteiger partial charge in [0.25, 0.3) is 0 Å². The van der Waals surface area contributed by atoms with Gasteiger partial charge in [0.15, 0.2) is 0 Å². The Morgan fingerprint density at radius 1 is 1.61 bits per heavy atom. The smallest absolute Gasteiger partial charge is 0.231 e. The first-order valence-electron chi connectivity index (χ1n) is 6.37. The van der Waals surface area contributed by atoms with Crippen molar-refractivity contribution in [2.24, 2.45) is 5.41 Å². The van der Waals surface area contributed by atoms with E-state index in [0.29, 0.717) is 13.2 Å². The maximum atomic E-state index is 12.2. The van der Waals surface area contributed by atoms with Crippen LogP contribution in [-0.2, 0) is 9.53 Å². The predicted molar refractivity (Wildman–Crippen MR) is 69.1 cm³/mol. The molecule has 0 saturated carbocycles. The van der Waals surface area contributed by atoms with Crippen LogP contribution in [0.1, 0.15) is 37.6 Å². The Hall–Kier alpha value is -1.42. The molecule has 1 aromatic rings. The van der Waals surface area contributed by atoms with Crippen molar-refractivity contribution in [2.75, 3.05) is 13.2 Å². The highest BCUT2D eigenvalue weighted by atomic mass is 16.5. The highest BCUT2D eigenvalue weighted by Crippen LogP contribution is 2.28. The Morgan fingerprint density at radius 3 is 2.83 bits per heavy atom. The van der Waals surface area contributed by atoms with Crippen molar-refractivity contribution in [1.29, 1.82) is 0 Å². The van der Waals surface area contributed by atoms with Gasteiger partial charge in [-0.05, 0) is 31.9 Å². The molecule has 2 heterocycles. The summed E-state index contributed by atoms with van der Waals surface area (Å²) in [7, 11) is 0. The first-order valence-corrected chi connectivity index (χ1v) is 6.37. The van der Waals surface area contributed by atoms with E-state index in [1.807, 2.05) is 26.0 Å². The molecule has 1 atom stereocenters. The van der Waals surface area contributed by atoms with Crippen LogP contribution in [0.5, 0.6) is 0 Å². The molecule has 1 aliphatic rings. The minimum atomic E-state index is -0.365. The second-order valence-corrected chi connectivity index (χ2v) is 5.19. The first kappa shape index (κ1) is 13.0. The van der Waals surface area contributed by atoms with Gasteiger partial charge in [0, 0.05) is 6.20 Å². The molecule has 1 N–H and O–H groups in total. The summed E-state index contributed by atoms with van der Waals surface area (Å²) in [4.78, 5) is 16.6. The lowest BCUT2D eigenvalue weighted by Crippen LogP contribution is -2.52. The minimum Gasteiger partial charge on any atom is -0.379 e. The zero-order chi connectivity index (χ0) is 13.2. The Kier molecular flexibility index (Phi) is 3.66. The second kappa shape index (κ2) is 5.06. The van der Waals surface area contributed by atoms with Crippen LogP contribution in [0.15, 0.2) is 18.3 Å². The molecular weight excluding hydrogens is 228 g/mol. The fourth-order valence-electron chi connectivity index (χ4n) is 2.10. The van der Waals surface area contributed by atoms with E-state index in [0.717, 1.165) is 17.7 Å². The lowest BCUT2D eigenvalue weighted by atomic mass is 9.87. The van der Waals surface area contributed by atoms with Gasteiger partial charge in [-0.2, -0.15) is 0 Å². The van der Waals surface area contributed by atoms with Crippen molar-refractivity contribution >= 4 is 5.91 Å². The van der Waals surface area contributed by atoms with Gasteiger partial charge < -0.3 is 10.1 Å². The molecule has 1 unspecified atom stereocenters. The summed E-state index contributed by atoms with van der Waals surface area (Å²) in [6, 6.07) is 3.91. The normalized spacial score (nSPS) is 18.8. The van der Waals surface area contributed by atoms with Crippen LogP contribution >= 0.6 is 0 Å². The van der Waals surface area contributed by atoms with E-state index in [9.17, 15) is 4.79 Å². The first-order chi connectivity index (χ1) is 8.57. The molecule has 0 spiro atoms. The van der Waals surface area contributed by atoms with Crippen molar-refractivity contribution in [2.45, 2.75) is 33.2 Å². The number of amides is 1. The number of carbonyl (C=O) groups excluding carboxylic acids is 1. The third-order valence-corrected chi connectivity index (χ3v) is 3.48. The van der Waals surface area contributed by atoms with Crippen molar-refractivity contribution in [1.82, 2.24) is 10.3 Å². The molecule has 1 aliphatic heterocycles. The average Bonchev–Trinajstić information content (AvgIpc) is 2.33. The Morgan fingerprint density at radius 2 is 2.33 bits per heavy atom. The highest BCUT2D eigenvalue weighted by Gasteiger charge is 2.41. The predicted octanol–water partition coefficient (Wildman–Crippen LogP) is 1.99. The van der Waals surface area contributed by atoms with Crippen molar-refractivity contribution < 1.29 is 9.53 Å². The van der Waals surface area contributed by atoms with E-state index in [1.54, 1.807) is 6.20 Å². The number of nitrogens with zero attached hydrogens (tertiary/aromatic N) is 1. The van der Waals surface area contributed by atoms with E-state index < -0.39 is 0 Å². The number of aryl methyl sites for hydroxylation is 1. The maximum absolute atomic E-state index is 12.2. The standard InChI is InChI=1S/C14H20N2O2/c1-4-11(12-10(2)6-5-7-15-12)16-13(17)14(3)8-18-9-14/h5-7,11H,4,8-9H2,1-3H3,(H,16,17). The molecule has 0 aliphatic carbocycles. The monoisotopic (exact) mass is 248 g/mol. The van der Waals surface area contributed by atoms with E-state index >= 15 is 0 Å². The molecule has 1 saturated heterocycles. The molecule has 1 fully saturated rings. The van der Waals surface area contributed by atoms with Crippen molar-refractivity contribution in [3.63, 3.8) is 0 Å². The highest BCUT2D eigenvalue weighted by molar-refractivity contribution is 5.83.